The number of carbonyl (C=O) groups excluding carboxylic acids is 1. The molecule has 2 heterocycles. The zero-order valence-corrected chi connectivity index (χ0v) is 20.7. The summed E-state index contributed by atoms with van der Waals surface area (Å²) < 4.78 is 38.9. The van der Waals surface area contributed by atoms with Crippen LogP contribution < -0.4 is 15.0 Å². The van der Waals surface area contributed by atoms with Gasteiger partial charge in [-0.15, -0.1) is 0 Å². The zero-order valence-electron chi connectivity index (χ0n) is 19.9. The molecule has 1 amide bonds. The molecule has 0 radical (unpaired) electrons. The summed E-state index contributed by atoms with van der Waals surface area (Å²) in [5.74, 6) is 0.329. The number of carbonyl (C=O) groups is 1. The molecule has 9 heteroatoms. The number of piperidine rings is 1. The summed E-state index contributed by atoms with van der Waals surface area (Å²) in [6.07, 6.45) is 3.30. The number of hydrogen-bond donors (Lipinski definition) is 1. The van der Waals surface area contributed by atoms with E-state index >= 15 is 0 Å². The molecule has 184 valence electrons. The number of benzene rings is 2. The molecular formula is C25H33N3O5S. The summed E-state index contributed by atoms with van der Waals surface area (Å²) in [5.41, 5.74) is 3.40. The number of aryl methyl sites for hydroxylation is 1. The van der Waals surface area contributed by atoms with Crippen molar-refractivity contribution in [2.24, 2.45) is 0 Å². The lowest BCUT2D eigenvalue weighted by molar-refractivity contribution is -0.118. The smallest absolute Gasteiger partial charge is 0.262 e. The van der Waals surface area contributed by atoms with Crippen LogP contribution in [0.3, 0.4) is 0 Å². The number of nitrogens with one attached hydrogen (secondary N) is 1. The summed E-state index contributed by atoms with van der Waals surface area (Å²) in [4.78, 5) is 15.2. The molecule has 0 atom stereocenters. The van der Waals surface area contributed by atoms with Gasteiger partial charge in [0.05, 0.1) is 29.5 Å². The van der Waals surface area contributed by atoms with Gasteiger partial charge in [0.1, 0.15) is 5.75 Å². The second-order valence-corrected chi connectivity index (χ2v) is 10.7. The third-order valence-electron chi connectivity index (χ3n) is 6.46. The minimum absolute atomic E-state index is 0.163. The Hall–Kier alpha value is -2.62. The SMILES string of the molecule is Cc1cccc(OCC(=O)Nc2cc(S(=O)(=O)N3CCOCC3)ccc2N2CCCCC2)c1C. The van der Waals surface area contributed by atoms with Crippen LogP contribution in [0.2, 0.25) is 0 Å². The fourth-order valence-electron chi connectivity index (χ4n) is 4.33. The molecule has 0 aliphatic carbocycles. The zero-order chi connectivity index (χ0) is 24.1. The van der Waals surface area contributed by atoms with Crippen LogP contribution in [-0.4, -0.2) is 64.6 Å². The van der Waals surface area contributed by atoms with Gasteiger partial charge in [0.2, 0.25) is 10.0 Å². The summed E-state index contributed by atoms with van der Waals surface area (Å²) >= 11 is 0. The van der Waals surface area contributed by atoms with E-state index in [0.717, 1.165) is 42.7 Å². The number of anilines is 2. The van der Waals surface area contributed by atoms with Crippen molar-refractivity contribution < 1.29 is 22.7 Å². The monoisotopic (exact) mass is 487 g/mol. The molecule has 34 heavy (non-hydrogen) atoms. The molecule has 2 aromatic carbocycles. The minimum atomic E-state index is -3.68. The van der Waals surface area contributed by atoms with Gasteiger partial charge >= 0.3 is 0 Å². The highest BCUT2D eigenvalue weighted by Crippen LogP contribution is 2.32. The lowest BCUT2D eigenvalue weighted by Crippen LogP contribution is -2.40. The molecule has 2 aliphatic heterocycles. The Morgan fingerprint density at radius 1 is 1.03 bits per heavy atom. The number of ether oxygens (including phenoxy) is 2. The molecule has 0 bridgehead atoms. The quantitative estimate of drug-likeness (QED) is 0.645. The predicted octanol–water partition coefficient (Wildman–Crippen LogP) is 3.33. The van der Waals surface area contributed by atoms with Crippen molar-refractivity contribution in [3.8, 4) is 5.75 Å². The molecule has 0 aromatic heterocycles. The van der Waals surface area contributed by atoms with Gasteiger partial charge < -0.3 is 19.7 Å². The van der Waals surface area contributed by atoms with Gasteiger partial charge in [-0.3, -0.25) is 4.79 Å². The maximum Gasteiger partial charge on any atom is 0.262 e. The Morgan fingerprint density at radius 2 is 1.76 bits per heavy atom. The van der Waals surface area contributed by atoms with E-state index in [0.29, 0.717) is 37.7 Å². The van der Waals surface area contributed by atoms with Gasteiger partial charge in [-0.05, 0) is 68.5 Å². The first-order chi connectivity index (χ1) is 16.4. The van der Waals surface area contributed by atoms with Crippen molar-refractivity contribution in [1.82, 2.24) is 4.31 Å². The number of hydrogen-bond acceptors (Lipinski definition) is 6. The molecule has 4 rings (SSSR count). The number of rotatable bonds is 7. The van der Waals surface area contributed by atoms with Gasteiger partial charge in [0.25, 0.3) is 5.91 Å². The third-order valence-corrected chi connectivity index (χ3v) is 8.36. The first-order valence-electron chi connectivity index (χ1n) is 11.8. The van der Waals surface area contributed by atoms with E-state index in [4.69, 9.17) is 9.47 Å². The van der Waals surface area contributed by atoms with Crippen molar-refractivity contribution in [1.29, 1.82) is 0 Å². The van der Waals surface area contributed by atoms with Gasteiger partial charge in [-0.2, -0.15) is 4.31 Å². The van der Waals surface area contributed by atoms with Gasteiger partial charge in [-0.25, -0.2) is 8.42 Å². The van der Waals surface area contributed by atoms with Crippen LogP contribution >= 0.6 is 0 Å². The van der Waals surface area contributed by atoms with Crippen LogP contribution in [0.25, 0.3) is 0 Å². The molecule has 0 saturated carbocycles. The average Bonchev–Trinajstić information content (AvgIpc) is 2.86. The van der Waals surface area contributed by atoms with Crippen molar-refractivity contribution in [3.05, 3.63) is 47.5 Å². The molecular weight excluding hydrogens is 454 g/mol. The van der Waals surface area contributed by atoms with E-state index in [-0.39, 0.29) is 17.4 Å². The van der Waals surface area contributed by atoms with Crippen molar-refractivity contribution >= 4 is 27.3 Å². The van der Waals surface area contributed by atoms with Gasteiger partial charge in [-0.1, -0.05) is 12.1 Å². The number of sulfonamides is 1. The lowest BCUT2D eigenvalue weighted by Gasteiger charge is -2.31. The highest BCUT2D eigenvalue weighted by Gasteiger charge is 2.28. The molecule has 2 aromatic rings. The molecule has 0 unspecified atom stereocenters. The van der Waals surface area contributed by atoms with Gasteiger partial charge in [0.15, 0.2) is 6.61 Å². The van der Waals surface area contributed by atoms with E-state index in [1.807, 2.05) is 32.0 Å². The highest BCUT2D eigenvalue weighted by atomic mass is 32.2. The van der Waals surface area contributed by atoms with Crippen LogP contribution in [0.15, 0.2) is 41.3 Å². The number of amides is 1. The van der Waals surface area contributed by atoms with Crippen molar-refractivity contribution in [3.63, 3.8) is 0 Å². The van der Waals surface area contributed by atoms with E-state index in [9.17, 15) is 13.2 Å². The molecule has 2 aliphatic rings. The summed E-state index contributed by atoms with van der Waals surface area (Å²) in [5, 5.41) is 2.91. The van der Waals surface area contributed by atoms with E-state index in [1.54, 1.807) is 18.2 Å². The van der Waals surface area contributed by atoms with E-state index in [1.165, 1.54) is 10.7 Å². The minimum Gasteiger partial charge on any atom is -0.483 e. The molecule has 2 saturated heterocycles. The predicted molar refractivity (Wildman–Crippen MR) is 132 cm³/mol. The maximum absolute atomic E-state index is 13.2. The molecule has 0 spiro atoms. The second kappa shape index (κ2) is 10.8. The normalized spacial score (nSPS) is 17.4. The Morgan fingerprint density at radius 3 is 2.50 bits per heavy atom. The van der Waals surface area contributed by atoms with Crippen LogP contribution in [0, 0.1) is 13.8 Å². The van der Waals surface area contributed by atoms with Crippen LogP contribution in [0.1, 0.15) is 30.4 Å². The molecule has 8 nitrogen and oxygen atoms in total. The van der Waals surface area contributed by atoms with Crippen LogP contribution in [0.5, 0.6) is 5.75 Å². The Bertz CT molecular complexity index is 1120. The second-order valence-electron chi connectivity index (χ2n) is 8.78. The van der Waals surface area contributed by atoms with Gasteiger partial charge in [0, 0.05) is 26.2 Å². The van der Waals surface area contributed by atoms with E-state index in [2.05, 4.69) is 10.2 Å². The average molecular weight is 488 g/mol. The van der Waals surface area contributed by atoms with Crippen molar-refractivity contribution in [2.45, 2.75) is 38.0 Å². The first-order valence-corrected chi connectivity index (χ1v) is 13.3. The third kappa shape index (κ3) is 5.54. The summed E-state index contributed by atoms with van der Waals surface area (Å²) in [6.45, 7) is 6.93. The van der Waals surface area contributed by atoms with Crippen LogP contribution in [0.4, 0.5) is 11.4 Å². The van der Waals surface area contributed by atoms with Crippen LogP contribution in [-0.2, 0) is 19.6 Å². The summed E-state index contributed by atoms with van der Waals surface area (Å²) in [6, 6.07) is 10.7. The Kier molecular flexibility index (Phi) is 7.75. The highest BCUT2D eigenvalue weighted by molar-refractivity contribution is 7.89. The number of nitrogens with zero attached hydrogens (tertiary/aromatic N) is 2. The maximum atomic E-state index is 13.2. The Balaban J connectivity index is 1.56. The molecule has 1 N–H and O–H groups in total. The molecule has 2 fully saturated rings. The topological polar surface area (TPSA) is 88.2 Å². The Labute approximate surface area is 201 Å². The fourth-order valence-corrected chi connectivity index (χ4v) is 5.77. The standard InChI is InChI=1S/C25H33N3O5S/c1-19-7-6-8-24(20(19)2)33-18-25(29)26-22-17-21(34(30,31)28-13-15-32-16-14-28)9-10-23(22)27-11-4-3-5-12-27/h6-10,17H,3-5,11-16,18H2,1-2H3,(H,26,29). The number of morpholine rings is 1. The summed E-state index contributed by atoms with van der Waals surface area (Å²) in [7, 11) is -3.68. The van der Waals surface area contributed by atoms with E-state index < -0.39 is 10.0 Å². The van der Waals surface area contributed by atoms with Crippen molar-refractivity contribution in [2.75, 3.05) is 56.2 Å². The lowest BCUT2D eigenvalue weighted by atomic mass is 10.1. The fraction of sp³-hybridized carbons (Fsp3) is 0.480. The first kappa shape index (κ1) is 24.5. The largest absolute Gasteiger partial charge is 0.483 e.